The lowest BCUT2D eigenvalue weighted by molar-refractivity contribution is -0.180. The molecule has 4 heteroatoms. The Kier molecular flexibility index (Phi) is 2.21. The average molecular weight is 210 g/mol. The van der Waals surface area contributed by atoms with Crippen LogP contribution in [0.3, 0.4) is 0 Å². The number of hydrogen-bond donors (Lipinski definition) is 1. The van der Waals surface area contributed by atoms with Gasteiger partial charge in [0.1, 0.15) is 5.60 Å². The molecule has 1 spiro atoms. The van der Waals surface area contributed by atoms with Crippen LogP contribution in [0, 0.1) is 0 Å². The largest absolute Gasteiger partial charge is 0.312 e. The lowest BCUT2D eigenvalue weighted by atomic mass is 10.1. The van der Waals surface area contributed by atoms with Crippen LogP contribution in [0.25, 0.3) is 0 Å². The summed E-state index contributed by atoms with van der Waals surface area (Å²) < 4.78 is 0. The van der Waals surface area contributed by atoms with Crippen LogP contribution in [0.1, 0.15) is 38.5 Å². The molecule has 0 aromatic carbocycles. The fourth-order valence-corrected chi connectivity index (χ4v) is 2.51. The van der Waals surface area contributed by atoms with Crippen molar-refractivity contribution in [1.82, 2.24) is 10.4 Å². The van der Waals surface area contributed by atoms with Gasteiger partial charge in [-0.05, 0) is 32.2 Å². The number of hydrogen-bond acceptors (Lipinski definition) is 3. The summed E-state index contributed by atoms with van der Waals surface area (Å²) in [5, 5.41) is 5.05. The van der Waals surface area contributed by atoms with E-state index >= 15 is 0 Å². The predicted molar refractivity (Wildman–Crippen MR) is 55.0 cm³/mol. The fraction of sp³-hybridized carbons (Fsp3) is 0.909. The molecule has 3 aliphatic rings. The van der Waals surface area contributed by atoms with Gasteiger partial charge in [0, 0.05) is 6.04 Å². The van der Waals surface area contributed by atoms with Crippen LogP contribution in [0.4, 0.5) is 0 Å². The summed E-state index contributed by atoms with van der Waals surface area (Å²) in [7, 11) is 0. The summed E-state index contributed by atoms with van der Waals surface area (Å²) >= 11 is 0. The highest BCUT2D eigenvalue weighted by Crippen LogP contribution is 2.47. The molecule has 0 aromatic rings. The van der Waals surface area contributed by atoms with Gasteiger partial charge in [-0.25, -0.2) is 5.06 Å². The van der Waals surface area contributed by atoms with Crippen molar-refractivity contribution in [3.8, 4) is 0 Å². The summed E-state index contributed by atoms with van der Waals surface area (Å²) in [6, 6.07) is 0.441. The third kappa shape index (κ3) is 1.88. The first kappa shape index (κ1) is 9.60. The highest BCUT2D eigenvalue weighted by atomic mass is 16.7. The first-order valence-corrected chi connectivity index (χ1v) is 6.00. The van der Waals surface area contributed by atoms with E-state index in [0.717, 1.165) is 25.9 Å². The van der Waals surface area contributed by atoms with Crippen LogP contribution in [0.15, 0.2) is 0 Å². The highest BCUT2D eigenvalue weighted by molar-refractivity contribution is 5.78. The van der Waals surface area contributed by atoms with Gasteiger partial charge in [0.2, 0.25) is 5.91 Å². The Labute approximate surface area is 89.9 Å². The molecule has 2 saturated heterocycles. The van der Waals surface area contributed by atoms with E-state index in [0.29, 0.717) is 12.5 Å². The number of rotatable bonds is 2. The Bertz CT molecular complexity index is 270. The quantitative estimate of drug-likeness (QED) is 0.734. The van der Waals surface area contributed by atoms with Gasteiger partial charge in [-0.15, -0.1) is 0 Å². The monoisotopic (exact) mass is 210 g/mol. The molecule has 4 nitrogen and oxygen atoms in total. The Morgan fingerprint density at radius 3 is 2.93 bits per heavy atom. The third-order valence-electron chi connectivity index (χ3n) is 3.66. The maximum atomic E-state index is 11.7. The second-order valence-corrected chi connectivity index (χ2v) is 5.05. The van der Waals surface area contributed by atoms with E-state index in [1.165, 1.54) is 19.3 Å². The first-order valence-electron chi connectivity index (χ1n) is 6.00. The summed E-state index contributed by atoms with van der Waals surface area (Å²) in [6.07, 6.45) is 6.43. The van der Waals surface area contributed by atoms with Crippen LogP contribution in [-0.4, -0.2) is 35.7 Å². The minimum absolute atomic E-state index is 0.0637. The molecule has 1 aliphatic carbocycles. The van der Waals surface area contributed by atoms with Crippen molar-refractivity contribution in [3.63, 3.8) is 0 Å². The molecule has 1 atom stereocenters. The maximum absolute atomic E-state index is 11.7. The van der Waals surface area contributed by atoms with Crippen LogP contribution in [0.2, 0.25) is 0 Å². The Balaban J connectivity index is 1.56. The standard InChI is InChI=1S/C11H18N2O2/c14-10-7-11(4-5-11)15-13(10)8-9-3-1-2-6-12-9/h9,12H,1-8H2. The summed E-state index contributed by atoms with van der Waals surface area (Å²) in [5.74, 6) is 0.180. The number of carbonyl (C=O) groups is 1. The highest BCUT2D eigenvalue weighted by Gasteiger charge is 2.54. The number of carbonyl (C=O) groups excluding carboxylic acids is 1. The predicted octanol–water partition coefficient (Wildman–Crippen LogP) is 0.825. The van der Waals surface area contributed by atoms with E-state index < -0.39 is 0 Å². The normalized spacial score (nSPS) is 33.7. The van der Waals surface area contributed by atoms with Crippen molar-refractivity contribution in [2.24, 2.45) is 0 Å². The summed E-state index contributed by atoms with van der Waals surface area (Å²) in [4.78, 5) is 17.4. The number of nitrogens with one attached hydrogen (secondary N) is 1. The van der Waals surface area contributed by atoms with Crippen molar-refractivity contribution in [1.29, 1.82) is 0 Å². The van der Waals surface area contributed by atoms with Crippen molar-refractivity contribution in [3.05, 3.63) is 0 Å². The number of nitrogens with zero attached hydrogens (tertiary/aromatic N) is 1. The Morgan fingerprint density at radius 1 is 1.47 bits per heavy atom. The molecule has 1 N–H and O–H groups in total. The van der Waals surface area contributed by atoms with Crippen molar-refractivity contribution >= 4 is 5.91 Å². The van der Waals surface area contributed by atoms with Gasteiger partial charge in [-0.3, -0.25) is 9.63 Å². The Morgan fingerprint density at radius 2 is 2.33 bits per heavy atom. The van der Waals surface area contributed by atoms with E-state index in [4.69, 9.17) is 4.84 Å². The molecule has 15 heavy (non-hydrogen) atoms. The van der Waals surface area contributed by atoms with E-state index in [1.54, 1.807) is 5.06 Å². The van der Waals surface area contributed by atoms with Gasteiger partial charge in [-0.1, -0.05) is 6.42 Å². The molecular formula is C11H18N2O2. The molecule has 1 unspecified atom stereocenters. The average Bonchev–Trinajstić information content (AvgIpc) is 2.91. The van der Waals surface area contributed by atoms with Gasteiger partial charge in [0.05, 0.1) is 13.0 Å². The minimum atomic E-state index is -0.0637. The van der Waals surface area contributed by atoms with Crippen molar-refractivity contribution in [2.75, 3.05) is 13.1 Å². The molecule has 2 aliphatic heterocycles. The molecular weight excluding hydrogens is 192 g/mol. The summed E-state index contributed by atoms with van der Waals surface area (Å²) in [6.45, 7) is 1.82. The van der Waals surface area contributed by atoms with Gasteiger partial charge >= 0.3 is 0 Å². The number of amides is 1. The van der Waals surface area contributed by atoms with E-state index in [1.807, 2.05) is 0 Å². The molecule has 0 bridgehead atoms. The molecule has 0 radical (unpaired) electrons. The lowest BCUT2D eigenvalue weighted by Gasteiger charge is -2.27. The van der Waals surface area contributed by atoms with Crippen LogP contribution >= 0.6 is 0 Å². The zero-order valence-electron chi connectivity index (χ0n) is 9.00. The van der Waals surface area contributed by atoms with E-state index in [2.05, 4.69) is 5.32 Å². The smallest absolute Gasteiger partial charge is 0.249 e. The number of piperidine rings is 1. The fourth-order valence-electron chi connectivity index (χ4n) is 2.51. The van der Waals surface area contributed by atoms with Crippen LogP contribution in [0.5, 0.6) is 0 Å². The SMILES string of the molecule is O=C1CC2(CC2)ON1CC1CCCCN1. The van der Waals surface area contributed by atoms with Crippen molar-refractivity contribution < 1.29 is 9.63 Å². The first-order chi connectivity index (χ1) is 7.27. The molecule has 3 fully saturated rings. The molecule has 1 amide bonds. The van der Waals surface area contributed by atoms with Crippen LogP contribution < -0.4 is 5.32 Å². The van der Waals surface area contributed by atoms with Gasteiger partial charge < -0.3 is 5.32 Å². The third-order valence-corrected chi connectivity index (χ3v) is 3.66. The van der Waals surface area contributed by atoms with Gasteiger partial charge in [-0.2, -0.15) is 0 Å². The van der Waals surface area contributed by atoms with Gasteiger partial charge in [0.15, 0.2) is 0 Å². The maximum Gasteiger partial charge on any atom is 0.249 e. The van der Waals surface area contributed by atoms with Gasteiger partial charge in [0.25, 0.3) is 0 Å². The van der Waals surface area contributed by atoms with E-state index in [-0.39, 0.29) is 11.5 Å². The zero-order valence-corrected chi connectivity index (χ0v) is 9.00. The molecule has 1 saturated carbocycles. The topological polar surface area (TPSA) is 41.6 Å². The molecule has 84 valence electrons. The zero-order chi connectivity index (χ0) is 10.3. The lowest BCUT2D eigenvalue weighted by Crippen LogP contribution is -2.43. The summed E-state index contributed by atoms with van der Waals surface area (Å²) in [5.41, 5.74) is -0.0637. The minimum Gasteiger partial charge on any atom is -0.312 e. The number of hydroxylamine groups is 2. The molecule has 0 aromatic heterocycles. The Hall–Kier alpha value is -0.610. The second-order valence-electron chi connectivity index (χ2n) is 5.05. The van der Waals surface area contributed by atoms with Crippen molar-refractivity contribution in [2.45, 2.75) is 50.2 Å². The van der Waals surface area contributed by atoms with E-state index in [9.17, 15) is 4.79 Å². The molecule has 3 rings (SSSR count). The van der Waals surface area contributed by atoms with Crippen LogP contribution in [-0.2, 0) is 9.63 Å². The molecule has 2 heterocycles. The second kappa shape index (κ2) is 3.46.